The predicted molar refractivity (Wildman–Crippen MR) is 101 cm³/mol. The molecule has 0 fully saturated rings. The molecule has 0 unspecified atom stereocenters. The smallest absolute Gasteiger partial charge is 0.255 e. The van der Waals surface area contributed by atoms with E-state index in [-0.39, 0.29) is 5.91 Å². The number of aryl methyl sites for hydroxylation is 1. The topological polar surface area (TPSA) is 38.3 Å². The van der Waals surface area contributed by atoms with Crippen molar-refractivity contribution in [2.75, 3.05) is 11.9 Å². The summed E-state index contributed by atoms with van der Waals surface area (Å²) >= 11 is 0. The summed E-state index contributed by atoms with van der Waals surface area (Å²) in [6.45, 7) is 2.63. The molecular weight excluding hydrogens is 310 g/mol. The van der Waals surface area contributed by atoms with Crippen LogP contribution in [-0.2, 0) is 6.42 Å². The van der Waals surface area contributed by atoms with Gasteiger partial charge in [0.1, 0.15) is 5.75 Å². The first kappa shape index (κ1) is 16.8. The molecule has 0 aliphatic rings. The van der Waals surface area contributed by atoms with E-state index in [0.29, 0.717) is 12.2 Å². The SMILES string of the molecule is Cc1ccc(NC(=O)c2ccc(OCCc3ccccc3)cc2)cc1. The predicted octanol–water partition coefficient (Wildman–Crippen LogP) is 4.87. The quantitative estimate of drug-likeness (QED) is 0.700. The molecule has 3 rings (SSSR count). The van der Waals surface area contributed by atoms with Crippen LogP contribution in [0.5, 0.6) is 5.75 Å². The Bertz CT molecular complexity index is 809. The minimum atomic E-state index is -0.125. The van der Waals surface area contributed by atoms with Gasteiger partial charge in [0.15, 0.2) is 0 Å². The average Bonchev–Trinajstić information content (AvgIpc) is 2.65. The van der Waals surface area contributed by atoms with Crippen molar-refractivity contribution in [1.82, 2.24) is 0 Å². The zero-order chi connectivity index (χ0) is 17.5. The van der Waals surface area contributed by atoms with Gasteiger partial charge in [-0.2, -0.15) is 0 Å². The van der Waals surface area contributed by atoms with Crippen LogP contribution >= 0.6 is 0 Å². The summed E-state index contributed by atoms with van der Waals surface area (Å²) in [7, 11) is 0. The summed E-state index contributed by atoms with van der Waals surface area (Å²) in [6.07, 6.45) is 0.858. The lowest BCUT2D eigenvalue weighted by Gasteiger charge is -2.08. The fraction of sp³-hybridized carbons (Fsp3) is 0.136. The molecule has 3 heteroatoms. The van der Waals surface area contributed by atoms with Crippen molar-refractivity contribution in [2.45, 2.75) is 13.3 Å². The first-order valence-electron chi connectivity index (χ1n) is 8.35. The number of hydrogen-bond donors (Lipinski definition) is 1. The number of hydrogen-bond acceptors (Lipinski definition) is 2. The zero-order valence-corrected chi connectivity index (χ0v) is 14.2. The van der Waals surface area contributed by atoms with Gasteiger partial charge in [0.05, 0.1) is 6.61 Å². The second kappa shape index (κ2) is 8.15. The molecule has 3 aromatic carbocycles. The van der Waals surface area contributed by atoms with Crippen LogP contribution in [0.25, 0.3) is 0 Å². The van der Waals surface area contributed by atoms with E-state index in [1.165, 1.54) is 5.56 Å². The maximum atomic E-state index is 12.3. The monoisotopic (exact) mass is 331 g/mol. The number of ether oxygens (including phenoxy) is 1. The minimum Gasteiger partial charge on any atom is -0.493 e. The number of carbonyl (C=O) groups excluding carboxylic acids is 1. The van der Waals surface area contributed by atoms with Crippen LogP contribution < -0.4 is 10.1 Å². The highest BCUT2D eigenvalue weighted by Crippen LogP contribution is 2.15. The number of carbonyl (C=O) groups is 1. The summed E-state index contributed by atoms with van der Waals surface area (Å²) in [5, 5.41) is 2.89. The first-order valence-corrected chi connectivity index (χ1v) is 8.35. The van der Waals surface area contributed by atoms with Crippen LogP contribution in [0.15, 0.2) is 78.9 Å². The number of amides is 1. The molecule has 0 radical (unpaired) electrons. The van der Waals surface area contributed by atoms with Crippen LogP contribution in [0.4, 0.5) is 5.69 Å². The van der Waals surface area contributed by atoms with E-state index >= 15 is 0 Å². The van der Waals surface area contributed by atoms with Gasteiger partial charge >= 0.3 is 0 Å². The highest BCUT2D eigenvalue weighted by Gasteiger charge is 2.06. The van der Waals surface area contributed by atoms with Crippen LogP contribution in [0, 0.1) is 6.92 Å². The Hall–Kier alpha value is -3.07. The molecule has 3 aromatic rings. The zero-order valence-electron chi connectivity index (χ0n) is 14.2. The maximum absolute atomic E-state index is 12.3. The molecule has 0 aliphatic heterocycles. The molecule has 0 heterocycles. The second-order valence-electron chi connectivity index (χ2n) is 5.93. The van der Waals surface area contributed by atoms with Crippen molar-refractivity contribution in [3.8, 4) is 5.75 Å². The van der Waals surface area contributed by atoms with E-state index in [1.807, 2.05) is 61.5 Å². The number of nitrogens with one attached hydrogen (secondary N) is 1. The molecular formula is C22H21NO2. The highest BCUT2D eigenvalue weighted by molar-refractivity contribution is 6.04. The van der Waals surface area contributed by atoms with Crippen molar-refractivity contribution in [2.24, 2.45) is 0 Å². The van der Waals surface area contributed by atoms with Crippen LogP contribution in [0.1, 0.15) is 21.5 Å². The fourth-order valence-electron chi connectivity index (χ4n) is 2.47. The molecule has 126 valence electrons. The normalized spacial score (nSPS) is 10.3. The lowest BCUT2D eigenvalue weighted by Crippen LogP contribution is -2.11. The van der Waals surface area contributed by atoms with Gasteiger partial charge in [0, 0.05) is 17.7 Å². The Labute approximate surface area is 148 Å². The summed E-state index contributed by atoms with van der Waals surface area (Å²) < 4.78 is 5.74. The molecule has 0 aliphatic carbocycles. The van der Waals surface area contributed by atoms with Gasteiger partial charge in [0.25, 0.3) is 5.91 Å². The van der Waals surface area contributed by atoms with Crippen molar-refractivity contribution in [3.05, 3.63) is 95.6 Å². The summed E-state index contributed by atoms with van der Waals surface area (Å²) in [4.78, 5) is 12.3. The third kappa shape index (κ3) is 4.95. The number of rotatable bonds is 6. The molecule has 0 aromatic heterocycles. The van der Waals surface area contributed by atoms with Gasteiger partial charge in [-0.25, -0.2) is 0 Å². The fourth-order valence-corrected chi connectivity index (χ4v) is 2.47. The number of anilines is 1. The lowest BCUT2D eigenvalue weighted by atomic mass is 10.1. The van der Waals surface area contributed by atoms with Crippen molar-refractivity contribution in [3.63, 3.8) is 0 Å². The molecule has 0 saturated carbocycles. The van der Waals surface area contributed by atoms with Crippen molar-refractivity contribution >= 4 is 11.6 Å². The largest absolute Gasteiger partial charge is 0.493 e. The van der Waals surface area contributed by atoms with Gasteiger partial charge in [-0.05, 0) is 48.9 Å². The van der Waals surface area contributed by atoms with E-state index < -0.39 is 0 Å². The average molecular weight is 331 g/mol. The molecule has 25 heavy (non-hydrogen) atoms. The molecule has 0 atom stereocenters. The van der Waals surface area contributed by atoms with Gasteiger partial charge in [-0.15, -0.1) is 0 Å². The second-order valence-corrected chi connectivity index (χ2v) is 5.93. The van der Waals surface area contributed by atoms with E-state index in [4.69, 9.17) is 4.74 Å². The Morgan fingerprint density at radius 1 is 0.880 bits per heavy atom. The van der Waals surface area contributed by atoms with Crippen molar-refractivity contribution in [1.29, 1.82) is 0 Å². The molecule has 3 nitrogen and oxygen atoms in total. The number of benzene rings is 3. The third-order valence-corrected chi connectivity index (χ3v) is 3.93. The van der Waals surface area contributed by atoms with E-state index in [9.17, 15) is 4.79 Å². The van der Waals surface area contributed by atoms with Gasteiger partial charge in [-0.1, -0.05) is 48.0 Å². The standard InChI is InChI=1S/C22H21NO2/c1-17-7-11-20(12-8-17)23-22(24)19-9-13-21(14-10-19)25-16-15-18-5-3-2-4-6-18/h2-14H,15-16H2,1H3,(H,23,24). The van der Waals surface area contributed by atoms with Gasteiger partial charge in [0.2, 0.25) is 0 Å². The maximum Gasteiger partial charge on any atom is 0.255 e. The highest BCUT2D eigenvalue weighted by atomic mass is 16.5. The van der Waals surface area contributed by atoms with E-state index in [0.717, 1.165) is 23.4 Å². The Morgan fingerprint density at radius 2 is 1.56 bits per heavy atom. The Kier molecular flexibility index (Phi) is 5.47. The summed E-state index contributed by atoms with van der Waals surface area (Å²) in [5.74, 6) is 0.641. The lowest BCUT2D eigenvalue weighted by molar-refractivity contribution is 0.102. The molecule has 0 spiro atoms. The minimum absolute atomic E-state index is 0.125. The van der Waals surface area contributed by atoms with Gasteiger partial charge in [-0.3, -0.25) is 4.79 Å². The Balaban J connectivity index is 1.52. The third-order valence-electron chi connectivity index (χ3n) is 3.93. The summed E-state index contributed by atoms with van der Waals surface area (Å²) in [5.41, 5.74) is 3.81. The molecule has 1 N–H and O–H groups in total. The molecule has 0 bridgehead atoms. The van der Waals surface area contributed by atoms with Crippen molar-refractivity contribution < 1.29 is 9.53 Å². The molecule has 1 amide bonds. The van der Waals surface area contributed by atoms with E-state index in [2.05, 4.69) is 17.4 Å². The van der Waals surface area contributed by atoms with Crippen LogP contribution in [-0.4, -0.2) is 12.5 Å². The van der Waals surface area contributed by atoms with Gasteiger partial charge < -0.3 is 10.1 Å². The van der Waals surface area contributed by atoms with Crippen LogP contribution in [0.2, 0.25) is 0 Å². The first-order chi connectivity index (χ1) is 12.2. The van der Waals surface area contributed by atoms with Crippen LogP contribution in [0.3, 0.4) is 0 Å². The van der Waals surface area contributed by atoms with E-state index in [1.54, 1.807) is 12.1 Å². The Morgan fingerprint density at radius 3 is 2.24 bits per heavy atom. The molecule has 0 saturated heterocycles. The summed E-state index contributed by atoms with van der Waals surface area (Å²) in [6, 6.07) is 25.2.